The Hall–Kier alpha value is -2.51. The fourth-order valence-corrected chi connectivity index (χ4v) is 3.16. The second-order valence-electron chi connectivity index (χ2n) is 6.76. The molecule has 0 unspecified atom stereocenters. The minimum Gasteiger partial charge on any atom is -0.478 e. The summed E-state index contributed by atoms with van der Waals surface area (Å²) in [6.07, 6.45) is 2.47. The molecule has 0 aliphatic carbocycles. The fourth-order valence-electron chi connectivity index (χ4n) is 2.92. The first-order chi connectivity index (χ1) is 14.7. The van der Waals surface area contributed by atoms with Gasteiger partial charge in [0, 0.05) is 31.0 Å². The van der Waals surface area contributed by atoms with Gasteiger partial charge in [-0.1, -0.05) is 19.9 Å². The van der Waals surface area contributed by atoms with Crippen molar-refractivity contribution in [1.82, 2.24) is 4.90 Å². The molecule has 0 heterocycles. The lowest BCUT2D eigenvalue weighted by Gasteiger charge is -2.18. The normalized spacial score (nSPS) is 10.4. The number of rotatable bonds is 9. The van der Waals surface area contributed by atoms with Crippen LogP contribution in [-0.2, 0) is 4.79 Å². The van der Waals surface area contributed by atoms with E-state index in [-0.39, 0.29) is 22.4 Å². The first kappa shape index (κ1) is 26.5. The molecule has 0 amide bonds. The Morgan fingerprint density at radius 2 is 1.68 bits per heavy atom. The van der Waals surface area contributed by atoms with Gasteiger partial charge in [-0.2, -0.15) is 0 Å². The van der Waals surface area contributed by atoms with Crippen LogP contribution in [0.2, 0.25) is 0 Å². The zero-order valence-electron chi connectivity index (χ0n) is 18.0. The highest BCUT2D eigenvalue weighted by Crippen LogP contribution is 2.29. The van der Waals surface area contributed by atoms with Gasteiger partial charge in [-0.25, -0.2) is 13.6 Å². The summed E-state index contributed by atoms with van der Waals surface area (Å²) in [5, 5.41) is 9.12. The third kappa shape index (κ3) is 9.02. The zero-order valence-corrected chi connectivity index (χ0v) is 18.7. The Morgan fingerprint density at radius 1 is 1.03 bits per heavy atom. The van der Waals surface area contributed by atoms with E-state index in [1.54, 1.807) is 0 Å². The maximum atomic E-state index is 13.7. The molecule has 2 rings (SSSR count). The number of hydrogen-bond acceptors (Lipinski definition) is 4. The lowest BCUT2D eigenvalue weighted by molar-refractivity contribution is -0.131. The van der Waals surface area contributed by atoms with Crippen molar-refractivity contribution in [3.63, 3.8) is 0 Å². The van der Waals surface area contributed by atoms with Crippen LogP contribution in [0.5, 0.6) is 5.75 Å². The van der Waals surface area contributed by atoms with Crippen LogP contribution < -0.4 is 4.74 Å². The predicted molar refractivity (Wildman–Crippen MR) is 118 cm³/mol. The SMILES string of the molecule is CC(=O)Oc1ccc(-c2ccc(F)cc2F)cc1C(=O)O.CCCN(CCC)CCCl. The van der Waals surface area contributed by atoms with Crippen molar-refractivity contribution in [2.75, 3.05) is 25.5 Å². The molecule has 0 fully saturated rings. The Bertz CT molecular complexity index is 862. The van der Waals surface area contributed by atoms with E-state index in [4.69, 9.17) is 21.4 Å². The van der Waals surface area contributed by atoms with Gasteiger partial charge in [0.15, 0.2) is 0 Å². The van der Waals surface area contributed by atoms with E-state index in [1.807, 2.05) is 0 Å². The predicted octanol–water partition coefficient (Wildman–Crippen LogP) is 5.60. The number of carboxylic acids is 1. The van der Waals surface area contributed by atoms with Crippen molar-refractivity contribution in [3.8, 4) is 16.9 Å². The summed E-state index contributed by atoms with van der Waals surface area (Å²) >= 11 is 5.63. The summed E-state index contributed by atoms with van der Waals surface area (Å²) in [7, 11) is 0. The minimum atomic E-state index is -1.32. The van der Waals surface area contributed by atoms with Gasteiger partial charge >= 0.3 is 11.9 Å². The van der Waals surface area contributed by atoms with Crippen LogP contribution >= 0.6 is 11.6 Å². The smallest absolute Gasteiger partial charge is 0.339 e. The number of carboxylic acid groups (broad SMARTS) is 1. The summed E-state index contributed by atoms with van der Waals surface area (Å²) < 4.78 is 31.4. The Labute approximate surface area is 186 Å². The average Bonchev–Trinajstić information content (AvgIpc) is 2.69. The summed E-state index contributed by atoms with van der Waals surface area (Å²) in [4.78, 5) is 24.5. The molecular weight excluding hydrogens is 428 g/mol. The number of halogens is 3. The molecule has 8 heteroatoms. The van der Waals surface area contributed by atoms with Gasteiger partial charge in [0.05, 0.1) is 0 Å². The van der Waals surface area contributed by atoms with E-state index in [9.17, 15) is 18.4 Å². The molecule has 0 aromatic heterocycles. The van der Waals surface area contributed by atoms with Crippen molar-refractivity contribution >= 4 is 23.5 Å². The summed E-state index contributed by atoms with van der Waals surface area (Å²) in [5.41, 5.74) is 0.000465. The van der Waals surface area contributed by atoms with E-state index >= 15 is 0 Å². The second kappa shape index (κ2) is 13.7. The first-order valence-corrected chi connectivity index (χ1v) is 10.6. The molecule has 0 saturated heterocycles. The van der Waals surface area contributed by atoms with Gasteiger partial charge in [0.25, 0.3) is 0 Å². The van der Waals surface area contributed by atoms with Gasteiger partial charge in [0.1, 0.15) is 22.9 Å². The third-order valence-corrected chi connectivity index (χ3v) is 4.36. The fraction of sp³-hybridized carbons (Fsp3) is 0.391. The number of nitrogens with zero attached hydrogens (tertiary/aromatic N) is 1. The monoisotopic (exact) mass is 455 g/mol. The van der Waals surface area contributed by atoms with Crippen molar-refractivity contribution in [2.45, 2.75) is 33.6 Å². The molecule has 0 bridgehead atoms. The Morgan fingerprint density at radius 3 is 2.16 bits per heavy atom. The van der Waals surface area contributed by atoms with Gasteiger partial charge < -0.3 is 14.7 Å². The van der Waals surface area contributed by atoms with Crippen molar-refractivity contribution in [2.24, 2.45) is 0 Å². The Balaban J connectivity index is 0.000000407. The van der Waals surface area contributed by atoms with Crippen molar-refractivity contribution < 1.29 is 28.2 Å². The number of carbonyl (C=O) groups excluding carboxylic acids is 1. The average molecular weight is 456 g/mol. The number of alkyl halides is 1. The molecular formula is C23H28ClF2NO4. The lowest BCUT2D eigenvalue weighted by Crippen LogP contribution is -2.27. The summed E-state index contributed by atoms with van der Waals surface area (Å²) in [6, 6.07) is 6.78. The second-order valence-corrected chi connectivity index (χ2v) is 7.14. The molecule has 2 aromatic rings. The number of aromatic carboxylic acids is 1. The minimum absolute atomic E-state index is 0.0493. The molecule has 5 nitrogen and oxygen atoms in total. The van der Waals surface area contributed by atoms with E-state index < -0.39 is 23.6 Å². The summed E-state index contributed by atoms with van der Waals surface area (Å²) in [6.45, 7) is 8.98. The van der Waals surface area contributed by atoms with Crippen LogP contribution in [-0.4, -0.2) is 47.5 Å². The third-order valence-electron chi connectivity index (χ3n) is 4.19. The maximum absolute atomic E-state index is 13.7. The van der Waals surface area contributed by atoms with E-state index in [0.717, 1.165) is 31.5 Å². The lowest BCUT2D eigenvalue weighted by atomic mass is 10.0. The molecule has 170 valence electrons. The largest absolute Gasteiger partial charge is 0.478 e. The first-order valence-electron chi connectivity index (χ1n) is 10.0. The van der Waals surface area contributed by atoms with Crippen LogP contribution in [0.3, 0.4) is 0 Å². The zero-order chi connectivity index (χ0) is 23.4. The molecule has 0 aliphatic heterocycles. The number of esters is 1. The van der Waals surface area contributed by atoms with E-state index in [1.165, 1.54) is 44.1 Å². The summed E-state index contributed by atoms with van der Waals surface area (Å²) in [5.74, 6) is -2.91. The quantitative estimate of drug-likeness (QED) is 0.303. The number of benzene rings is 2. The highest BCUT2D eigenvalue weighted by molar-refractivity contribution is 6.18. The highest BCUT2D eigenvalue weighted by Gasteiger charge is 2.16. The Kier molecular flexibility index (Phi) is 11.7. The van der Waals surface area contributed by atoms with Gasteiger partial charge in [-0.15, -0.1) is 11.6 Å². The molecule has 0 saturated carbocycles. The van der Waals surface area contributed by atoms with Crippen LogP contribution in [0.1, 0.15) is 44.0 Å². The molecule has 0 spiro atoms. The van der Waals surface area contributed by atoms with E-state index in [2.05, 4.69) is 18.7 Å². The van der Waals surface area contributed by atoms with Crippen molar-refractivity contribution in [1.29, 1.82) is 0 Å². The van der Waals surface area contributed by atoms with Gasteiger partial charge in [-0.05, 0) is 55.8 Å². The molecule has 31 heavy (non-hydrogen) atoms. The number of ether oxygens (including phenoxy) is 1. The van der Waals surface area contributed by atoms with Gasteiger partial charge in [-0.3, -0.25) is 4.79 Å². The molecule has 2 aromatic carbocycles. The van der Waals surface area contributed by atoms with Gasteiger partial charge in [0.2, 0.25) is 0 Å². The van der Waals surface area contributed by atoms with E-state index in [0.29, 0.717) is 6.07 Å². The maximum Gasteiger partial charge on any atom is 0.339 e. The molecule has 1 N–H and O–H groups in total. The molecule has 0 atom stereocenters. The van der Waals surface area contributed by atoms with Crippen LogP contribution in [0.4, 0.5) is 8.78 Å². The van der Waals surface area contributed by atoms with Crippen LogP contribution in [0.15, 0.2) is 36.4 Å². The van der Waals surface area contributed by atoms with Crippen LogP contribution in [0, 0.1) is 11.6 Å². The molecule has 0 aliphatic rings. The van der Waals surface area contributed by atoms with Crippen molar-refractivity contribution in [3.05, 3.63) is 53.6 Å². The number of hydrogen-bond donors (Lipinski definition) is 1. The topological polar surface area (TPSA) is 66.8 Å². The standard InChI is InChI=1S/C15H10F2O4.C8H18ClN/c1-8(18)21-14-5-2-9(6-12(14)15(19)20)11-4-3-10(16)7-13(11)17;1-3-6-10(7-4-2)8-5-9/h2-7H,1H3,(H,19,20);3-8H2,1-2H3. The molecule has 0 radical (unpaired) electrons. The number of carbonyl (C=O) groups is 2. The van der Waals surface area contributed by atoms with Crippen LogP contribution in [0.25, 0.3) is 11.1 Å². The highest BCUT2D eigenvalue weighted by atomic mass is 35.5.